The number of hydrogen-bond acceptors (Lipinski definition) is 4. The molecule has 1 aliphatic rings. The van der Waals surface area contributed by atoms with Gasteiger partial charge < -0.3 is 15.5 Å². The molecule has 96 valence electrons. The number of aliphatic hydroxyl groups excluding tert-OH is 2. The first-order chi connectivity index (χ1) is 8.24. The van der Waals surface area contributed by atoms with Crippen LogP contribution in [0.5, 0.6) is 0 Å². The van der Waals surface area contributed by atoms with Gasteiger partial charge in [0.1, 0.15) is 0 Å². The van der Waals surface area contributed by atoms with E-state index in [1.54, 1.807) is 10.9 Å². The molecule has 1 aliphatic carbocycles. The zero-order valence-corrected chi connectivity index (χ0v) is 10.0. The molecule has 1 aromatic rings. The van der Waals surface area contributed by atoms with Gasteiger partial charge in [-0.15, -0.1) is 0 Å². The second-order valence-electron chi connectivity index (χ2n) is 4.99. The summed E-state index contributed by atoms with van der Waals surface area (Å²) >= 11 is 0. The van der Waals surface area contributed by atoms with Crippen LogP contribution in [-0.4, -0.2) is 45.8 Å². The van der Waals surface area contributed by atoms with Crippen molar-refractivity contribution >= 4 is 0 Å². The normalized spacial score (nSPS) is 19.2. The van der Waals surface area contributed by atoms with E-state index in [0.717, 1.165) is 13.0 Å². The van der Waals surface area contributed by atoms with E-state index in [-0.39, 0.29) is 6.61 Å². The number of aliphatic hydroxyl groups is 2. The predicted octanol–water partition coefficient (Wildman–Crippen LogP) is -0.00380. The number of nitrogens with one attached hydrogen (secondary N) is 1. The molecular weight excluding hydrogens is 218 g/mol. The summed E-state index contributed by atoms with van der Waals surface area (Å²) < 4.78 is 1.73. The Labute approximate surface area is 101 Å². The van der Waals surface area contributed by atoms with Crippen molar-refractivity contribution in [2.75, 3.05) is 19.7 Å². The van der Waals surface area contributed by atoms with E-state index < -0.39 is 6.10 Å². The Kier molecular flexibility index (Phi) is 4.15. The summed E-state index contributed by atoms with van der Waals surface area (Å²) in [6, 6.07) is 1.85. The van der Waals surface area contributed by atoms with Crippen LogP contribution in [0.1, 0.15) is 19.3 Å². The van der Waals surface area contributed by atoms with Crippen LogP contribution >= 0.6 is 0 Å². The molecule has 0 spiro atoms. The second kappa shape index (κ2) is 5.62. The summed E-state index contributed by atoms with van der Waals surface area (Å²) in [7, 11) is 0. The molecule has 0 bridgehead atoms. The van der Waals surface area contributed by atoms with Crippen molar-refractivity contribution < 1.29 is 10.2 Å². The zero-order valence-electron chi connectivity index (χ0n) is 10.0. The highest BCUT2D eigenvalue weighted by atomic mass is 16.3. The Morgan fingerprint density at radius 2 is 2.29 bits per heavy atom. The number of nitrogens with zero attached hydrogens (tertiary/aromatic N) is 2. The number of aromatic nitrogens is 2. The summed E-state index contributed by atoms with van der Waals surface area (Å²) in [6.45, 7) is 2.25. The minimum absolute atomic E-state index is 0.261. The molecule has 3 N–H and O–H groups in total. The Morgan fingerprint density at radius 1 is 1.47 bits per heavy atom. The lowest BCUT2D eigenvalue weighted by Gasteiger charge is -2.17. The van der Waals surface area contributed by atoms with Crippen LogP contribution in [0.3, 0.4) is 0 Å². The van der Waals surface area contributed by atoms with Crippen LogP contribution in [0.2, 0.25) is 0 Å². The van der Waals surface area contributed by atoms with Crippen LogP contribution in [0.15, 0.2) is 18.5 Å². The molecule has 1 aromatic heterocycles. The van der Waals surface area contributed by atoms with Crippen molar-refractivity contribution in [2.45, 2.75) is 31.9 Å². The van der Waals surface area contributed by atoms with E-state index >= 15 is 0 Å². The summed E-state index contributed by atoms with van der Waals surface area (Å²) in [4.78, 5) is 0. The molecule has 1 unspecified atom stereocenters. The van der Waals surface area contributed by atoms with Gasteiger partial charge in [-0.1, -0.05) is 0 Å². The minimum Gasteiger partial charge on any atom is -0.396 e. The fourth-order valence-corrected chi connectivity index (χ4v) is 2.12. The van der Waals surface area contributed by atoms with Gasteiger partial charge >= 0.3 is 0 Å². The maximum Gasteiger partial charge on any atom is 0.0860 e. The van der Waals surface area contributed by atoms with Gasteiger partial charge in [0.25, 0.3) is 0 Å². The highest BCUT2D eigenvalue weighted by Crippen LogP contribution is 2.47. The zero-order chi connectivity index (χ0) is 12.1. The molecule has 1 heterocycles. The highest BCUT2D eigenvalue weighted by Gasteiger charge is 2.41. The molecule has 5 nitrogen and oxygen atoms in total. The predicted molar refractivity (Wildman–Crippen MR) is 64.5 cm³/mol. The summed E-state index contributed by atoms with van der Waals surface area (Å²) in [6.07, 6.45) is 6.39. The van der Waals surface area contributed by atoms with Gasteiger partial charge in [-0.3, -0.25) is 4.68 Å². The Morgan fingerprint density at radius 3 is 2.88 bits per heavy atom. The van der Waals surface area contributed by atoms with Gasteiger partial charge in [0.15, 0.2) is 0 Å². The lowest BCUT2D eigenvalue weighted by molar-refractivity contribution is 0.143. The van der Waals surface area contributed by atoms with E-state index in [1.165, 1.54) is 12.8 Å². The summed E-state index contributed by atoms with van der Waals surface area (Å²) in [5.74, 6) is 0. The van der Waals surface area contributed by atoms with E-state index in [0.29, 0.717) is 18.5 Å². The smallest absolute Gasteiger partial charge is 0.0860 e. The third-order valence-corrected chi connectivity index (χ3v) is 3.44. The fourth-order valence-electron chi connectivity index (χ4n) is 2.12. The molecule has 0 radical (unpaired) electrons. The molecule has 0 aromatic carbocycles. The molecule has 0 saturated heterocycles. The van der Waals surface area contributed by atoms with Crippen LogP contribution in [-0.2, 0) is 6.54 Å². The largest absolute Gasteiger partial charge is 0.396 e. The quantitative estimate of drug-likeness (QED) is 0.597. The van der Waals surface area contributed by atoms with Gasteiger partial charge in [-0.25, -0.2) is 0 Å². The standard InChI is InChI=1S/C12H21N3O2/c16-7-4-12(2-3-12)10-13-8-11(17)9-15-6-1-5-14-15/h1,5-6,11,13,16-17H,2-4,7-10H2. The van der Waals surface area contributed by atoms with Gasteiger partial charge in [-0.2, -0.15) is 5.10 Å². The van der Waals surface area contributed by atoms with Crippen molar-refractivity contribution in [3.05, 3.63) is 18.5 Å². The molecule has 5 heteroatoms. The first kappa shape index (κ1) is 12.5. The van der Waals surface area contributed by atoms with Gasteiger partial charge in [0.2, 0.25) is 0 Å². The number of hydrogen-bond donors (Lipinski definition) is 3. The molecule has 2 rings (SSSR count). The van der Waals surface area contributed by atoms with Crippen LogP contribution < -0.4 is 5.32 Å². The monoisotopic (exact) mass is 239 g/mol. The minimum atomic E-state index is -0.417. The fraction of sp³-hybridized carbons (Fsp3) is 0.750. The van der Waals surface area contributed by atoms with Crippen molar-refractivity contribution in [1.82, 2.24) is 15.1 Å². The third-order valence-electron chi connectivity index (χ3n) is 3.44. The molecule has 1 atom stereocenters. The average molecular weight is 239 g/mol. The SMILES string of the molecule is OCCC1(CNCC(O)Cn2cccn2)CC1. The lowest BCUT2D eigenvalue weighted by Crippen LogP contribution is -2.34. The molecule has 0 amide bonds. The third kappa shape index (κ3) is 3.80. The summed E-state index contributed by atoms with van der Waals surface area (Å²) in [5, 5.41) is 26.1. The van der Waals surface area contributed by atoms with Crippen LogP contribution in [0, 0.1) is 5.41 Å². The molecule has 0 aliphatic heterocycles. The van der Waals surface area contributed by atoms with Gasteiger partial charge in [0, 0.05) is 32.1 Å². The van der Waals surface area contributed by atoms with Crippen molar-refractivity contribution in [3.8, 4) is 0 Å². The Hall–Kier alpha value is -0.910. The van der Waals surface area contributed by atoms with E-state index in [9.17, 15) is 5.11 Å². The Balaban J connectivity index is 1.62. The first-order valence-electron chi connectivity index (χ1n) is 6.21. The van der Waals surface area contributed by atoms with E-state index in [4.69, 9.17) is 5.11 Å². The maximum atomic E-state index is 9.80. The van der Waals surface area contributed by atoms with Crippen LogP contribution in [0.25, 0.3) is 0 Å². The van der Waals surface area contributed by atoms with E-state index in [1.807, 2.05) is 12.3 Å². The topological polar surface area (TPSA) is 70.3 Å². The van der Waals surface area contributed by atoms with Gasteiger partial charge in [-0.05, 0) is 30.7 Å². The van der Waals surface area contributed by atoms with Gasteiger partial charge in [0.05, 0.1) is 12.6 Å². The van der Waals surface area contributed by atoms with E-state index in [2.05, 4.69) is 10.4 Å². The maximum absolute atomic E-state index is 9.80. The number of rotatable bonds is 8. The van der Waals surface area contributed by atoms with Crippen molar-refractivity contribution in [2.24, 2.45) is 5.41 Å². The van der Waals surface area contributed by atoms with Crippen molar-refractivity contribution in [1.29, 1.82) is 0 Å². The Bertz CT molecular complexity index is 323. The van der Waals surface area contributed by atoms with Crippen molar-refractivity contribution in [3.63, 3.8) is 0 Å². The highest BCUT2D eigenvalue weighted by molar-refractivity contribution is 4.94. The molecule has 17 heavy (non-hydrogen) atoms. The summed E-state index contributed by atoms with van der Waals surface area (Å²) in [5.41, 5.74) is 0.306. The molecular formula is C12H21N3O2. The first-order valence-corrected chi connectivity index (χ1v) is 6.21. The second-order valence-corrected chi connectivity index (χ2v) is 4.99. The molecule has 1 saturated carbocycles. The molecule has 1 fully saturated rings. The average Bonchev–Trinajstić information content (AvgIpc) is 2.86. The van der Waals surface area contributed by atoms with Crippen LogP contribution in [0.4, 0.5) is 0 Å². The lowest BCUT2D eigenvalue weighted by atomic mass is 10.0.